The van der Waals surface area contributed by atoms with Gasteiger partial charge in [-0.2, -0.15) is 17.6 Å². The summed E-state index contributed by atoms with van der Waals surface area (Å²) in [7, 11) is 1.22. The lowest BCUT2D eigenvalue weighted by atomic mass is 9.96. The summed E-state index contributed by atoms with van der Waals surface area (Å²) >= 11 is 0. The molecule has 0 radical (unpaired) electrons. The van der Waals surface area contributed by atoms with Crippen LogP contribution < -0.4 is 10.6 Å². The molecule has 15 heteroatoms. The summed E-state index contributed by atoms with van der Waals surface area (Å²) < 4.78 is 75.3. The van der Waals surface area contributed by atoms with E-state index >= 15 is 4.39 Å². The third-order valence-electron chi connectivity index (χ3n) is 8.00. The van der Waals surface area contributed by atoms with E-state index in [9.17, 15) is 31.9 Å². The number of imidazole rings is 1. The fourth-order valence-corrected chi connectivity index (χ4v) is 5.52. The Morgan fingerprint density at radius 2 is 1.71 bits per heavy atom. The molecule has 252 valence electrons. The standard InChI is InChI=1S/C33H31F5N6O4/c1-17(2)28(43-32(47)48-3)31(46)44-12-4-5-26(44)29-40-16-25(41-29)19-8-6-18(7-9-19)21-13-23(34)24(14-22(21)33(36,37)38)42-30(45)20-10-11-27(35)39-15-20/h6-11,13-17,26,28H,4-5,12H2,1-3H3,(H,40,41)(H,42,45)(H,43,47)/t26?,28-/m0/s1. The molecule has 10 nitrogen and oxygen atoms in total. The molecule has 0 spiro atoms. The number of ether oxygens (including phenoxy) is 1. The van der Waals surface area contributed by atoms with Gasteiger partial charge in [-0.1, -0.05) is 38.1 Å². The highest BCUT2D eigenvalue weighted by Gasteiger charge is 2.38. The number of nitrogens with one attached hydrogen (secondary N) is 3. The number of alkyl halides is 3. The molecule has 2 aromatic heterocycles. The SMILES string of the molecule is COC(=O)N[C@H](C(=O)N1CCCC1c1ncc(-c2ccc(-c3cc(F)c(NC(=O)c4ccc(F)nc4)cc3C(F)(F)F)cc2)[nH]1)C(C)C. The smallest absolute Gasteiger partial charge is 0.417 e. The molecule has 1 aliphatic heterocycles. The zero-order valence-corrected chi connectivity index (χ0v) is 26.0. The van der Waals surface area contributed by atoms with E-state index in [1.165, 1.54) is 19.2 Å². The maximum absolute atomic E-state index is 15.1. The number of carbonyl (C=O) groups is 3. The minimum atomic E-state index is -4.90. The average Bonchev–Trinajstić information content (AvgIpc) is 3.74. The predicted octanol–water partition coefficient (Wildman–Crippen LogP) is 6.73. The second-order valence-electron chi connectivity index (χ2n) is 11.5. The first-order valence-corrected chi connectivity index (χ1v) is 14.9. The summed E-state index contributed by atoms with van der Waals surface area (Å²) in [5, 5.41) is 4.68. The van der Waals surface area contributed by atoms with Gasteiger partial charge in [-0.05, 0) is 59.7 Å². The van der Waals surface area contributed by atoms with Crippen LogP contribution in [0.25, 0.3) is 22.4 Å². The van der Waals surface area contributed by atoms with Gasteiger partial charge in [0.1, 0.15) is 17.7 Å². The Bertz CT molecular complexity index is 1810. The van der Waals surface area contributed by atoms with Gasteiger partial charge < -0.3 is 25.3 Å². The summed E-state index contributed by atoms with van der Waals surface area (Å²) in [5.41, 5.74) is -1.32. The molecule has 48 heavy (non-hydrogen) atoms. The van der Waals surface area contributed by atoms with Crippen LogP contribution in [0, 0.1) is 17.7 Å². The van der Waals surface area contributed by atoms with Crippen molar-refractivity contribution in [3.8, 4) is 22.4 Å². The van der Waals surface area contributed by atoms with E-state index in [4.69, 9.17) is 0 Å². The van der Waals surface area contributed by atoms with Gasteiger partial charge in [0.15, 0.2) is 0 Å². The Morgan fingerprint density at radius 3 is 2.33 bits per heavy atom. The van der Waals surface area contributed by atoms with E-state index in [1.807, 2.05) is 13.8 Å². The van der Waals surface area contributed by atoms with E-state index < -0.39 is 52.8 Å². The van der Waals surface area contributed by atoms with Crippen molar-refractivity contribution < 1.29 is 41.1 Å². The van der Waals surface area contributed by atoms with Crippen molar-refractivity contribution in [2.75, 3.05) is 19.0 Å². The molecular weight excluding hydrogens is 639 g/mol. The molecule has 1 fully saturated rings. The van der Waals surface area contributed by atoms with Crippen molar-refractivity contribution in [3.63, 3.8) is 0 Å². The number of alkyl carbamates (subject to hydrolysis) is 1. The average molecular weight is 671 g/mol. The Labute approximate surface area is 271 Å². The lowest BCUT2D eigenvalue weighted by Crippen LogP contribution is -2.51. The van der Waals surface area contributed by atoms with Crippen LogP contribution in [0.5, 0.6) is 0 Å². The topological polar surface area (TPSA) is 129 Å². The molecule has 3 N–H and O–H groups in total. The number of anilines is 1. The third kappa shape index (κ3) is 7.29. The number of aromatic amines is 1. The van der Waals surface area contributed by atoms with Crippen molar-refractivity contribution in [1.82, 2.24) is 25.2 Å². The van der Waals surface area contributed by atoms with Gasteiger partial charge in [0.2, 0.25) is 11.9 Å². The highest BCUT2D eigenvalue weighted by molar-refractivity contribution is 6.04. The molecule has 3 heterocycles. The van der Waals surface area contributed by atoms with Crippen molar-refractivity contribution in [3.05, 3.63) is 89.6 Å². The molecule has 1 unspecified atom stereocenters. The number of benzene rings is 2. The zero-order chi connectivity index (χ0) is 34.7. The molecule has 1 aliphatic rings. The Kier molecular flexibility index (Phi) is 9.77. The summed E-state index contributed by atoms with van der Waals surface area (Å²) in [6.07, 6.45) is -1.84. The van der Waals surface area contributed by atoms with Crippen LogP contribution in [-0.4, -0.2) is 57.5 Å². The van der Waals surface area contributed by atoms with Gasteiger partial charge in [0.25, 0.3) is 5.91 Å². The lowest BCUT2D eigenvalue weighted by molar-refractivity contribution is -0.137. The highest BCUT2D eigenvalue weighted by Crippen LogP contribution is 2.40. The number of likely N-dealkylation sites (tertiary alicyclic amines) is 1. The summed E-state index contributed by atoms with van der Waals surface area (Å²) in [5.74, 6) is -2.90. The Morgan fingerprint density at radius 1 is 1.00 bits per heavy atom. The number of carbonyl (C=O) groups excluding carboxylic acids is 3. The predicted molar refractivity (Wildman–Crippen MR) is 164 cm³/mol. The van der Waals surface area contributed by atoms with Gasteiger partial charge in [0, 0.05) is 12.7 Å². The largest absolute Gasteiger partial charge is 0.453 e. The second kappa shape index (κ2) is 13.8. The van der Waals surface area contributed by atoms with Crippen molar-refractivity contribution >= 4 is 23.6 Å². The Hall–Kier alpha value is -5.34. The summed E-state index contributed by atoms with van der Waals surface area (Å²) in [6.45, 7) is 4.08. The van der Waals surface area contributed by atoms with Crippen molar-refractivity contribution in [2.45, 2.75) is 44.9 Å². The van der Waals surface area contributed by atoms with E-state index in [-0.39, 0.29) is 29.0 Å². The first-order chi connectivity index (χ1) is 22.8. The van der Waals surface area contributed by atoms with Gasteiger partial charge in [-0.15, -0.1) is 0 Å². The number of aromatic nitrogens is 3. The normalized spacial score (nSPS) is 15.4. The lowest BCUT2D eigenvalue weighted by Gasteiger charge is -2.30. The molecule has 4 aromatic rings. The number of rotatable bonds is 8. The van der Waals surface area contributed by atoms with E-state index in [1.54, 1.807) is 23.2 Å². The molecule has 2 aromatic carbocycles. The fourth-order valence-electron chi connectivity index (χ4n) is 5.52. The number of nitrogens with zero attached hydrogens (tertiary/aromatic N) is 3. The summed E-state index contributed by atoms with van der Waals surface area (Å²) in [4.78, 5) is 50.3. The molecule has 3 amide bonds. The number of hydrogen-bond donors (Lipinski definition) is 3. The monoisotopic (exact) mass is 670 g/mol. The van der Waals surface area contributed by atoms with Gasteiger partial charge in [-0.3, -0.25) is 9.59 Å². The molecule has 5 rings (SSSR count). The van der Waals surface area contributed by atoms with Crippen LogP contribution in [0.15, 0.2) is 60.9 Å². The van der Waals surface area contributed by atoms with Crippen molar-refractivity contribution in [2.24, 2.45) is 5.92 Å². The molecule has 0 bridgehead atoms. The van der Waals surface area contributed by atoms with E-state index in [0.29, 0.717) is 48.6 Å². The van der Waals surface area contributed by atoms with Crippen LogP contribution in [-0.2, 0) is 15.7 Å². The first kappa shape index (κ1) is 34.0. The van der Waals surface area contributed by atoms with Crippen LogP contribution in [0.1, 0.15) is 54.5 Å². The molecular formula is C33H31F5N6O4. The molecule has 1 saturated heterocycles. The number of halogens is 5. The maximum Gasteiger partial charge on any atom is 0.417 e. The Balaban J connectivity index is 1.37. The van der Waals surface area contributed by atoms with Gasteiger partial charge in [0.05, 0.1) is 41.9 Å². The number of amides is 3. The van der Waals surface area contributed by atoms with Gasteiger partial charge in [-0.25, -0.2) is 19.2 Å². The van der Waals surface area contributed by atoms with Crippen LogP contribution in [0.4, 0.5) is 32.4 Å². The molecule has 2 atom stereocenters. The summed E-state index contributed by atoms with van der Waals surface area (Å²) in [6, 6.07) is 7.87. The number of hydrogen-bond acceptors (Lipinski definition) is 6. The fraction of sp³-hybridized carbons (Fsp3) is 0.303. The number of pyridine rings is 1. The number of methoxy groups -OCH3 is 1. The van der Waals surface area contributed by atoms with Crippen LogP contribution in [0.2, 0.25) is 0 Å². The molecule has 0 aliphatic carbocycles. The minimum Gasteiger partial charge on any atom is -0.453 e. The number of H-pyrrole nitrogens is 1. The van der Waals surface area contributed by atoms with Gasteiger partial charge >= 0.3 is 12.3 Å². The zero-order valence-electron chi connectivity index (χ0n) is 26.0. The highest BCUT2D eigenvalue weighted by atomic mass is 19.4. The van der Waals surface area contributed by atoms with E-state index in [0.717, 1.165) is 18.3 Å². The van der Waals surface area contributed by atoms with Crippen molar-refractivity contribution in [1.29, 1.82) is 0 Å². The third-order valence-corrected chi connectivity index (χ3v) is 8.00. The van der Waals surface area contributed by atoms with Crippen LogP contribution >= 0.6 is 0 Å². The van der Waals surface area contributed by atoms with E-state index in [2.05, 4.69) is 30.3 Å². The quantitative estimate of drug-likeness (QED) is 0.141. The molecule has 0 saturated carbocycles. The maximum atomic E-state index is 15.1. The second-order valence-corrected chi connectivity index (χ2v) is 11.5. The minimum absolute atomic E-state index is 0.0655. The first-order valence-electron chi connectivity index (χ1n) is 14.9. The van der Waals surface area contributed by atoms with Crippen LogP contribution in [0.3, 0.4) is 0 Å².